The van der Waals surface area contributed by atoms with E-state index in [1.807, 2.05) is 0 Å². The number of nitrogen functional groups attached to an aromatic ring is 1. The maximum absolute atomic E-state index is 13.7. The number of carbonyl (C=O) groups is 2. The molecule has 0 heterocycles. The lowest BCUT2D eigenvalue weighted by atomic mass is 10.0. The molecule has 1 atom stereocenters. The summed E-state index contributed by atoms with van der Waals surface area (Å²) < 4.78 is 60.0. The minimum atomic E-state index is -5.31. The van der Waals surface area contributed by atoms with Crippen molar-refractivity contribution in [2.24, 2.45) is 5.73 Å². The molecule has 1 unspecified atom stereocenters. The molecule has 6 N–H and O–H groups in total. The summed E-state index contributed by atoms with van der Waals surface area (Å²) >= 11 is 0. The summed E-state index contributed by atoms with van der Waals surface area (Å²) in [4.78, 5) is 25.3. The van der Waals surface area contributed by atoms with Crippen molar-refractivity contribution >= 4 is 29.1 Å². The van der Waals surface area contributed by atoms with Crippen LogP contribution in [0.5, 0.6) is 23.0 Å². The van der Waals surface area contributed by atoms with Gasteiger partial charge in [-0.25, -0.2) is 4.79 Å². The van der Waals surface area contributed by atoms with Gasteiger partial charge < -0.3 is 30.0 Å². The van der Waals surface area contributed by atoms with Crippen LogP contribution in [0.3, 0.4) is 0 Å². The van der Waals surface area contributed by atoms with Crippen LogP contribution in [0, 0.1) is 5.41 Å². The van der Waals surface area contributed by atoms with Crippen LogP contribution in [0.1, 0.15) is 17.2 Å². The largest absolute Gasteiger partial charge is 0.495 e. The second kappa shape index (κ2) is 15.0. The van der Waals surface area contributed by atoms with Crippen LogP contribution >= 0.6 is 0 Å². The zero-order valence-corrected chi connectivity index (χ0v) is 23.5. The summed E-state index contributed by atoms with van der Waals surface area (Å²) in [7, 11) is 1.46. The van der Waals surface area contributed by atoms with Crippen molar-refractivity contribution in [1.82, 2.24) is 5.43 Å². The maximum Gasteiger partial charge on any atom is 0.491 e. The number of nitrogens with one attached hydrogen (secondary N) is 4. The van der Waals surface area contributed by atoms with Crippen LogP contribution in [0.4, 0.5) is 24.5 Å². The number of rotatable bonds is 15. The van der Waals surface area contributed by atoms with E-state index >= 15 is 0 Å². The zero-order chi connectivity index (χ0) is 32.3. The third-order valence-corrected chi connectivity index (χ3v) is 5.68. The third-order valence-electron chi connectivity index (χ3n) is 5.68. The van der Waals surface area contributed by atoms with Gasteiger partial charge in [-0.05, 0) is 42.0 Å². The molecule has 3 aromatic rings. The standard InChI is InChI=1S/C30H30F3N5O6/c1-4-12-42-20-14-18(15-21(17-20)43-13-5-2)26(28(39)38-37-23-8-6-7-9-24(23)41-3)36-19-10-11-22(27(34)35)25(16-19)44-29(40)30(31,32)33/h4-11,14-17,26,36-37H,1-2,12-13H2,3H3,(H3,34,35)(H,38,39). The Balaban J connectivity index is 2.06. The highest BCUT2D eigenvalue weighted by Crippen LogP contribution is 2.32. The predicted molar refractivity (Wildman–Crippen MR) is 158 cm³/mol. The monoisotopic (exact) mass is 613 g/mol. The van der Waals surface area contributed by atoms with Gasteiger partial charge in [0, 0.05) is 17.8 Å². The summed E-state index contributed by atoms with van der Waals surface area (Å²) in [6.45, 7) is 7.54. The van der Waals surface area contributed by atoms with Gasteiger partial charge in [0.1, 0.15) is 48.1 Å². The summed E-state index contributed by atoms with van der Waals surface area (Å²) in [6, 6.07) is 13.8. The first kappa shape index (κ1) is 32.8. The van der Waals surface area contributed by atoms with E-state index in [9.17, 15) is 22.8 Å². The van der Waals surface area contributed by atoms with Crippen molar-refractivity contribution in [3.63, 3.8) is 0 Å². The summed E-state index contributed by atoms with van der Waals surface area (Å²) in [5, 5.41) is 10.6. The summed E-state index contributed by atoms with van der Waals surface area (Å²) in [5.74, 6) is -3.37. The predicted octanol–water partition coefficient (Wildman–Crippen LogP) is 4.87. The molecule has 0 saturated heterocycles. The number of benzene rings is 3. The van der Waals surface area contributed by atoms with Crippen molar-refractivity contribution in [1.29, 1.82) is 5.41 Å². The quantitative estimate of drug-likeness (QED) is 0.0403. The Bertz CT molecular complexity index is 1500. The fourth-order valence-electron chi connectivity index (χ4n) is 3.73. The van der Waals surface area contributed by atoms with E-state index in [-0.39, 0.29) is 24.5 Å². The van der Waals surface area contributed by atoms with Gasteiger partial charge >= 0.3 is 12.1 Å². The molecule has 14 heteroatoms. The Morgan fingerprint density at radius 1 is 0.977 bits per heavy atom. The highest BCUT2D eigenvalue weighted by atomic mass is 19.4. The van der Waals surface area contributed by atoms with Crippen LogP contribution in [0.25, 0.3) is 0 Å². The number of esters is 1. The molecule has 3 aromatic carbocycles. The Labute approximate surface area is 250 Å². The fraction of sp³-hybridized carbons (Fsp3) is 0.167. The molecule has 0 aromatic heterocycles. The van der Waals surface area contributed by atoms with Crippen molar-refractivity contribution in [3.05, 3.63) is 97.1 Å². The molecule has 0 aliphatic heterocycles. The molecule has 44 heavy (non-hydrogen) atoms. The number of carbonyl (C=O) groups excluding carboxylic acids is 2. The van der Waals surface area contributed by atoms with Crippen LogP contribution in [-0.2, 0) is 9.59 Å². The van der Waals surface area contributed by atoms with E-state index in [2.05, 4.69) is 34.1 Å². The lowest BCUT2D eigenvalue weighted by Crippen LogP contribution is -2.37. The number of halogens is 3. The number of para-hydroxylation sites is 2. The highest BCUT2D eigenvalue weighted by Gasteiger charge is 2.42. The fourth-order valence-corrected chi connectivity index (χ4v) is 3.73. The van der Waals surface area contributed by atoms with E-state index in [0.717, 1.165) is 6.07 Å². The first-order chi connectivity index (χ1) is 21.0. The molecule has 11 nitrogen and oxygen atoms in total. The van der Waals surface area contributed by atoms with Gasteiger partial charge in [-0.15, -0.1) is 0 Å². The molecule has 0 saturated carbocycles. The van der Waals surface area contributed by atoms with E-state index in [1.165, 1.54) is 31.4 Å². The van der Waals surface area contributed by atoms with Gasteiger partial charge in [-0.3, -0.25) is 21.1 Å². The molecule has 0 spiro atoms. The average Bonchev–Trinajstić information content (AvgIpc) is 2.99. The smallest absolute Gasteiger partial charge is 0.491 e. The van der Waals surface area contributed by atoms with E-state index in [4.69, 9.17) is 25.4 Å². The van der Waals surface area contributed by atoms with Crippen molar-refractivity contribution in [3.8, 4) is 23.0 Å². The zero-order valence-electron chi connectivity index (χ0n) is 23.5. The number of anilines is 2. The molecule has 232 valence electrons. The Hall–Kier alpha value is -5.66. The third kappa shape index (κ3) is 8.92. The van der Waals surface area contributed by atoms with Gasteiger partial charge in [-0.1, -0.05) is 37.4 Å². The van der Waals surface area contributed by atoms with Gasteiger partial charge in [0.05, 0.1) is 18.4 Å². The first-order valence-electron chi connectivity index (χ1n) is 12.8. The lowest BCUT2D eigenvalue weighted by Gasteiger charge is -2.23. The molecular formula is C30H30F3N5O6. The normalized spacial score (nSPS) is 11.4. The Morgan fingerprint density at radius 2 is 1.61 bits per heavy atom. The molecule has 0 bridgehead atoms. The van der Waals surface area contributed by atoms with Crippen LogP contribution in [0.2, 0.25) is 0 Å². The molecule has 3 rings (SSSR count). The van der Waals surface area contributed by atoms with Gasteiger partial charge in [0.15, 0.2) is 0 Å². The van der Waals surface area contributed by atoms with Gasteiger partial charge in [0.2, 0.25) is 0 Å². The summed E-state index contributed by atoms with van der Waals surface area (Å²) in [6.07, 6.45) is -2.26. The second-order valence-corrected chi connectivity index (χ2v) is 8.84. The molecule has 0 radical (unpaired) electrons. The van der Waals surface area contributed by atoms with Gasteiger partial charge in [0.25, 0.3) is 5.91 Å². The molecular weight excluding hydrogens is 583 g/mol. The van der Waals surface area contributed by atoms with Crippen LogP contribution in [0.15, 0.2) is 86.0 Å². The topological polar surface area (TPSA) is 157 Å². The summed E-state index contributed by atoms with van der Waals surface area (Å²) in [5.41, 5.74) is 11.4. The van der Waals surface area contributed by atoms with Crippen LogP contribution in [-0.4, -0.2) is 44.2 Å². The number of hydrazine groups is 1. The number of nitrogens with two attached hydrogens (primary N) is 1. The molecule has 0 fully saturated rings. The SMILES string of the molecule is C=CCOc1cc(OCC=C)cc(C(Nc2ccc(C(=N)N)c(OC(=O)C(F)(F)F)c2)C(=O)NNc2ccccc2OC)c1. The first-order valence-corrected chi connectivity index (χ1v) is 12.8. The molecule has 0 aliphatic carbocycles. The highest BCUT2D eigenvalue weighted by molar-refractivity contribution is 5.99. The Kier molecular flexibility index (Phi) is 11.2. The number of hydrogen-bond donors (Lipinski definition) is 5. The van der Waals surface area contributed by atoms with E-state index < -0.39 is 35.7 Å². The number of amides is 1. The van der Waals surface area contributed by atoms with E-state index in [1.54, 1.807) is 42.5 Å². The Morgan fingerprint density at radius 3 is 2.18 bits per heavy atom. The minimum Gasteiger partial charge on any atom is -0.495 e. The maximum atomic E-state index is 13.7. The molecule has 0 aliphatic rings. The number of ether oxygens (including phenoxy) is 4. The number of amidine groups is 1. The average molecular weight is 614 g/mol. The number of hydrogen-bond acceptors (Lipinski definition) is 9. The molecule has 1 amide bonds. The second-order valence-electron chi connectivity index (χ2n) is 8.84. The minimum absolute atomic E-state index is 0.0448. The van der Waals surface area contributed by atoms with Crippen LogP contribution < -0.4 is 40.8 Å². The van der Waals surface area contributed by atoms with Crippen molar-refractivity contribution in [2.45, 2.75) is 12.2 Å². The van der Waals surface area contributed by atoms with E-state index in [0.29, 0.717) is 28.5 Å². The van der Waals surface area contributed by atoms with Crippen molar-refractivity contribution < 1.29 is 41.7 Å². The number of methoxy groups -OCH3 is 1. The number of alkyl halides is 3. The lowest BCUT2D eigenvalue weighted by molar-refractivity contribution is -0.189. The van der Waals surface area contributed by atoms with Crippen molar-refractivity contribution in [2.75, 3.05) is 31.1 Å². The van der Waals surface area contributed by atoms with Gasteiger partial charge in [-0.2, -0.15) is 13.2 Å².